The van der Waals surface area contributed by atoms with E-state index in [1.807, 2.05) is 59.5 Å². The SMILES string of the molecule is O=C1COc2ccccc2N1CCC(=O)N(Cc1ccccc1)C1CC1. The molecule has 0 N–H and O–H groups in total. The fraction of sp³-hybridized carbons (Fsp3) is 0.333. The van der Waals surface area contributed by atoms with Crippen LogP contribution in [0.3, 0.4) is 0 Å². The standard InChI is InChI=1S/C21H22N2O3/c24-20(23(17-10-11-17)14-16-6-2-1-3-7-16)12-13-22-18-8-4-5-9-19(18)26-15-21(22)25/h1-9,17H,10-15H2. The molecular formula is C21H22N2O3. The van der Waals surface area contributed by atoms with Crippen molar-refractivity contribution in [3.05, 3.63) is 60.2 Å². The summed E-state index contributed by atoms with van der Waals surface area (Å²) in [7, 11) is 0. The number of nitrogens with zero attached hydrogens (tertiary/aromatic N) is 2. The lowest BCUT2D eigenvalue weighted by Crippen LogP contribution is -2.42. The first kappa shape index (κ1) is 16.6. The largest absolute Gasteiger partial charge is 0.482 e. The summed E-state index contributed by atoms with van der Waals surface area (Å²) in [6, 6.07) is 17.9. The van der Waals surface area contributed by atoms with Crippen molar-refractivity contribution < 1.29 is 14.3 Å². The van der Waals surface area contributed by atoms with Crippen LogP contribution in [0.25, 0.3) is 0 Å². The molecule has 0 saturated heterocycles. The summed E-state index contributed by atoms with van der Waals surface area (Å²) in [4.78, 5) is 28.7. The molecule has 1 heterocycles. The van der Waals surface area contributed by atoms with Crippen LogP contribution in [-0.2, 0) is 16.1 Å². The monoisotopic (exact) mass is 350 g/mol. The third-order valence-corrected chi connectivity index (χ3v) is 4.86. The molecule has 134 valence electrons. The van der Waals surface area contributed by atoms with Crippen molar-refractivity contribution in [2.75, 3.05) is 18.1 Å². The Hall–Kier alpha value is -2.82. The van der Waals surface area contributed by atoms with Gasteiger partial charge in [0.1, 0.15) is 5.75 Å². The molecule has 2 amide bonds. The van der Waals surface area contributed by atoms with Crippen LogP contribution in [-0.4, -0.2) is 35.9 Å². The fourth-order valence-corrected chi connectivity index (χ4v) is 3.34. The Morgan fingerprint density at radius 1 is 1.08 bits per heavy atom. The normalized spacial score (nSPS) is 16.0. The van der Waals surface area contributed by atoms with E-state index in [0.29, 0.717) is 31.3 Å². The minimum Gasteiger partial charge on any atom is -0.482 e. The molecule has 2 aromatic rings. The van der Waals surface area contributed by atoms with E-state index in [1.54, 1.807) is 4.90 Å². The van der Waals surface area contributed by atoms with Crippen LogP contribution in [0.15, 0.2) is 54.6 Å². The van der Waals surface area contributed by atoms with Gasteiger partial charge >= 0.3 is 0 Å². The first-order valence-corrected chi connectivity index (χ1v) is 9.08. The molecular weight excluding hydrogens is 328 g/mol. The van der Waals surface area contributed by atoms with E-state index in [0.717, 1.165) is 24.1 Å². The quantitative estimate of drug-likeness (QED) is 0.805. The minimum atomic E-state index is -0.0995. The van der Waals surface area contributed by atoms with Gasteiger partial charge in [0.2, 0.25) is 5.91 Å². The van der Waals surface area contributed by atoms with Crippen LogP contribution in [0.4, 0.5) is 5.69 Å². The topological polar surface area (TPSA) is 49.9 Å². The van der Waals surface area contributed by atoms with E-state index in [2.05, 4.69) is 0 Å². The Kier molecular flexibility index (Phi) is 4.61. The predicted molar refractivity (Wildman–Crippen MR) is 98.9 cm³/mol. The first-order valence-electron chi connectivity index (χ1n) is 9.08. The van der Waals surface area contributed by atoms with Gasteiger partial charge in [0.05, 0.1) is 5.69 Å². The second-order valence-electron chi connectivity index (χ2n) is 6.79. The van der Waals surface area contributed by atoms with Crippen LogP contribution in [0, 0.1) is 0 Å². The molecule has 2 aliphatic rings. The summed E-state index contributed by atoms with van der Waals surface area (Å²) in [5, 5.41) is 0. The van der Waals surface area contributed by atoms with E-state index in [9.17, 15) is 9.59 Å². The summed E-state index contributed by atoms with van der Waals surface area (Å²) >= 11 is 0. The van der Waals surface area contributed by atoms with Gasteiger partial charge in [0, 0.05) is 25.6 Å². The average Bonchev–Trinajstić information content (AvgIpc) is 3.51. The molecule has 0 bridgehead atoms. The van der Waals surface area contributed by atoms with E-state index >= 15 is 0 Å². The molecule has 1 aliphatic carbocycles. The van der Waals surface area contributed by atoms with E-state index in [-0.39, 0.29) is 18.4 Å². The fourth-order valence-electron chi connectivity index (χ4n) is 3.34. The van der Waals surface area contributed by atoms with Crippen LogP contribution in [0.2, 0.25) is 0 Å². The molecule has 2 aromatic carbocycles. The van der Waals surface area contributed by atoms with E-state index in [4.69, 9.17) is 4.74 Å². The van der Waals surface area contributed by atoms with Crippen LogP contribution >= 0.6 is 0 Å². The molecule has 1 saturated carbocycles. The molecule has 1 aliphatic heterocycles. The number of benzene rings is 2. The molecule has 0 aromatic heterocycles. The van der Waals surface area contributed by atoms with Crippen molar-refractivity contribution in [2.45, 2.75) is 31.8 Å². The second kappa shape index (κ2) is 7.20. The molecule has 5 nitrogen and oxygen atoms in total. The number of amides is 2. The summed E-state index contributed by atoms with van der Waals surface area (Å²) in [6.45, 7) is 1.05. The number of anilines is 1. The Morgan fingerprint density at radius 2 is 1.81 bits per heavy atom. The number of para-hydroxylation sites is 2. The Balaban J connectivity index is 1.43. The van der Waals surface area contributed by atoms with Gasteiger partial charge in [-0.1, -0.05) is 42.5 Å². The van der Waals surface area contributed by atoms with Crippen molar-refractivity contribution in [3.8, 4) is 5.75 Å². The molecule has 0 spiro atoms. The van der Waals surface area contributed by atoms with Crippen molar-refractivity contribution in [1.29, 1.82) is 0 Å². The van der Waals surface area contributed by atoms with Crippen molar-refractivity contribution in [2.24, 2.45) is 0 Å². The minimum absolute atomic E-state index is 0.0293. The van der Waals surface area contributed by atoms with Crippen LogP contribution in [0.1, 0.15) is 24.8 Å². The lowest BCUT2D eigenvalue weighted by molar-refractivity contribution is -0.132. The zero-order chi connectivity index (χ0) is 17.9. The number of hydrogen-bond acceptors (Lipinski definition) is 3. The van der Waals surface area contributed by atoms with Crippen molar-refractivity contribution in [1.82, 2.24) is 4.90 Å². The maximum Gasteiger partial charge on any atom is 0.265 e. The number of carbonyl (C=O) groups is 2. The van der Waals surface area contributed by atoms with Gasteiger partial charge in [0.25, 0.3) is 5.91 Å². The zero-order valence-corrected chi connectivity index (χ0v) is 14.6. The van der Waals surface area contributed by atoms with Gasteiger partial charge in [-0.15, -0.1) is 0 Å². The van der Waals surface area contributed by atoms with Gasteiger partial charge in [-0.3, -0.25) is 9.59 Å². The second-order valence-corrected chi connectivity index (χ2v) is 6.79. The smallest absolute Gasteiger partial charge is 0.265 e. The summed E-state index contributed by atoms with van der Waals surface area (Å²) in [5.74, 6) is 0.702. The molecule has 0 unspecified atom stereocenters. The molecule has 0 atom stereocenters. The van der Waals surface area contributed by atoms with Gasteiger partial charge in [-0.2, -0.15) is 0 Å². The highest BCUT2D eigenvalue weighted by molar-refractivity contribution is 5.98. The zero-order valence-electron chi connectivity index (χ0n) is 14.6. The Labute approximate surface area is 153 Å². The average molecular weight is 350 g/mol. The number of fused-ring (bicyclic) bond motifs is 1. The van der Waals surface area contributed by atoms with Crippen LogP contribution < -0.4 is 9.64 Å². The number of hydrogen-bond donors (Lipinski definition) is 0. The lowest BCUT2D eigenvalue weighted by Gasteiger charge is -2.30. The van der Waals surface area contributed by atoms with Gasteiger partial charge in [-0.25, -0.2) is 0 Å². The first-order chi connectivity index (χ1) is 12.7. The molecule has 0 radical (unpaired) electrons. The maximum absolute atomic E-state index is 12.8. The number of rotatable bonds is 6. The predicted octanol–water partition coefficient (Wildman–Crippen LogP) is 2.99. The Morgan fingerprint density at radius 3 is 2.58 bits per heavy atom. The highest BCUT2D eigenvalue weighted by atomic mass is 16.5. The van der Waals surface area contributed by atoms with Gasteiger partial charge in [0.15, 0.2) is 6.61 Å². The summed E-state index contributed by atoms with van der Waals surface area (Å²) in [5.41, 5.74) is 1.89. The van der Waals surface area contributed by atoms with Crippen LogP contribution in [0.5, 0.6) is 5.75 Å². The number of carbonyl (C=O) groups excluding carboxylic acids is 2. The highest BCUT2D eigenvalue weighted by Crippen LogP contribution is 2.32. The number of ether oxygens (including phenoxy) is 1. The molecule has 26 heavy (non-hydrogen) atoms. The van der Waals surface area contributed by atoms with Crippen molar-refractivity contribution >= 4 is 17.5 Å². The van der Waals surface area contributed by atoms with Crippen molar-refractivity contribution in [3.63, 3.8) is 0 Å². The van der Waals surface area contributed by atoms with Gasteiger partial charge < -0.3 is 14.5 Å². The summed E-state index contributed by atoms with van der Waals surface area (Å²) < 4.78 is 5.46. The summed E-state index contributed by atoms with van der Waals surface area (Å²) in [6.07, 6.45) is 2.46. The molecule has 1 fully saturated rings. The maximum atomic E-state index is 12.8. The molecule has 5 heteroatoms. The Bertz CT molecular complexity index is 802. The van der Waals surface area contributed by atoms with Gasteiger partial charge in [-0.05, 0) is 30.5 Å². The highest BCUT2D eigenvalue weighted by Gasteiger charge is 2.33. The molecule has 4 rings (SSSR count). The third kappa shape index (κ3) is 3.57. The van der Waals surface area contributed by atoms with E-state index < -0.39 is 0 Å². The lowest BCUT2D eigenvalue weighted by atomic mass is 10.2. The van der Waals surface area contributed by atoms with E-state index in [1.165, 1.54) is 0 Å². The third-order valence-electron chi connectivity index (χ3n) is 4.86.